The summed E-state index contributed by atoms with van der Waals surface area (Å²) >= 11 is 0. The van der Waals surface area contributed by atoms with Crippen LogP contribution in [0.3, 0.4) is 0 Å². The maximum absolute atomic E-state index is 10.3. The van der Waals surface area contributed by atoms with Crippen molar-refractivity contribution in [3.63, 3.8) is 0 Å². The normalized spacial score (nSPS) is 9.70. The Morgan fingerprint density at radius 1 is 1.60 bits per heavy atom. The van der Waals surface area contributed by atoms with E-state index < -0.39 is 5.91 Å². The number of hydrogen-bond donors (Lipinski definition) is 2. The summed E-state index contributed by atoms with van der Waals surface area (Å²) in [7, 11) is 0. The van der Waals surface area contributed by atoms with Crippen molar-refractivity contribution in [2.75, 3.05) is 0 Å². The van der Waals surface area contributed by atoms with Gasteiger partial charge in [-0.2, -0.15) is 0 Å². The first-order chi connectivity index (χ1) is 4.74. The summed E-state index contributed by atoms with van der Waals surface area (Å²) in [4.78, 5) is 10.3. The quantitative estimate of drug-likeness (QED) is 0.529. The van der Waals surface area contributed by atoms with E-state index in [4.69, 9.17) is 11.5 Å². The first-order valence-corrected chi connectivity index (χ1v) is 2.56. The van der Waals surface area contributed by atoms with Crippen LogP contribution in [0.1, 0.15) is 16.6 Å². The molecule has 0 saturated carbocycles. The van der Waals surface area contributed by atoms with Crippen molar-refractivity contribution in [2.24, 2.45) is 11.5 Å². The number of amides is 1. The molecule has 1 aromatic rings. The Bertz CT molecular complexity index is 243. The lowest BCUT2D eigenvalue weighted by atomic mass is 10.6. The van der Waals surface area contributed by atoms with Gasteiger partial charge in [0, 0.05) is 0 Å². The zero-order chi connectivity index (χ0) is 7.56. The van der Waals surface area contributed by atoms with Crippen LogP contribution in [0.25, 0.3) is 0 Å². The molecule has 0 aromatic carbocycles. The Hall–Kier alpha value is -1.43. The second-order valence-electron chi connectivity index (χ2n) is 1.57. The highest BCUT2D eigenvalue weighted by Gasteiger charge is 2.08. The number of primary amides is 1. The highest BCUT2D eigenvalue weighted by atomic mass is 16.4. The second-order valence-corrected chi connectivity index (χ2v) is 1.57. The van der Waals surface area contributed by atoms with Crippen LogP contribution >= 0.6 is 0 Å². The summed E-state index contributed by atoms with van der Waals surface area (Å²) in [5.74, 6) is -0.749. The fourth-order valence-electron chi connectivity index (χ4n) is 0.436. The van der Waals surface area contributed by atoms with Gasteiger partial charge in [0.1, 0.15) is 0 Å². The summed E-state index contributed by atoms with van der Waals surface area (Å²) in [5, 5.41) is 6.73. The van der Waals surface area contributed by atoms with Gasteiger partial charge >= 0.3 is 11.8 Å². The van der Waals surface area contributed by atoms with Gasteiger partial charge in [0.2, 0.25) is 5.89 Å². The Morgan fingerprint density at radius 3 is 2.60 bits per heavy atom. The molecule has 0 unspecified atom stereocenters. The minimum atomic E-state index is -0.743. The van der Waals surface area contributed by atoms with Gasteiger partial charge in [0.05, 0.1) is 6.54 Å². The van der Waals surface area contributed by atoms with Crippen LogP contribution in [-0.2, 0) is 6.54 Å². The molecule has 1 aromatic heterocycles. The molecule has 0 aliphatic heterocycles. The molecule has 4 N–H and O–H groups in total. The maximum Gasteiger partial charge on any atom is 0.306 e. The Morgan fingerprint density at radius 2 is 2.30 bits per heavy atom. The number of nitrogens with zero attached hydrogens (tertiary/aromatic N) is 2. The predicted octanol–water partition coefficient (Wildman–Crippen LogP) is -1.37. The molecule has 1 amide bonds. The fraction of sp³-hybridized carbons (Fsp3) is 0.250. The molecule has 10 heavy (non-hydrogen) atoms. The molecule has 0 fully saturated rings. The highest BCUT2D eigenvalue weighted by Crippen LogP contribution is 1.95. The molecule has 0 spiro atoms. The summed E-state index contributed by atoms with van der Waals surface area (Å²) < 4.78 is 4.67. The molecule has 0 aliphatic rings. The van der Waals surface area contributed by atoms with Crippen LogP contribution in [0.15, 0.2) is 4.42 Å². The van der Waals surface area contributed by atoms with Gasteiger partial charge in [-0.25, -0.2) is 0 Å². The number of aromatic nitrogens is 2. The standard InChI is InChI=1S/C4H6N4O2/c5-1-2-7-8-4(10-2)3(6)9/h1,5H2,(H2,6,9). The van der Waals surface area contributed by atoms with Gasteiger partial charge in [-0.1, -0.05) is 0 Å². The van der Waals surface area contributed by atoms with Gasteiger partial charge in [-0.15, -0.1) is 10.2 Å². The van der Waals surface area contributed by atoms with E-state index in [1.54, 1.807) is 0 Å². The van der Waals surface area contributed by atoms with Crippen molar-refractivity contribution >= 4 is 5.91 Å². The van der Waals surface area contributed by atoms with Crippen molar-refractivity contribution in [3.8, 4) is 0 Å². The van der Waals surface area contributed by atoms with Crippen LogP contribution in [0.5, 0.6) is 0 Å². The summed E-state index contributed by atoms with van der Waals surface area (Å²) in [5.41, 5.74) is 9.92. The van der Waals surface area contributed by atoms with Crippen molar-refractivity contribution < 1.29 is 9.21 Å². The van der Waals surface area contributed by atoms with E-state index in [1.165, 1.54) is 0 Å². The van der Waals surface area contributed by atoms with E-state index in [1.807, 2.05) is 0 Å². The lowest BCUT2D eigenvalue weighted by Gasteiger charge is -1.81. The average molecular weight is 142 g/mol. The topological polar surface area (TPSA) is 108 Å². The van der Waals surface area contributed by atoms with E-state index in [2.05, 4.69) is 14.6 Å². The van der Waals surface area contributed by atoms with Crippen LogP contribution in [0.2, 0.25) is 0 Å². The SMILES string of the molecule is NCc1nnc(C(N)=O)o1. The number of nitrogens with two attached hydrogens (primary N) is 2. The number of carbonyl (C=O) groups is 1. The molecular weight excluding hydrogens is 136 g/mol. The molecular formula is C4H6N4O2. The summed E-state index contributed by atoms with van der Waals surface area (Å²) in [6, 6.07) is 0. The number of hydrogen-bond acceptors (Lipinski definition) is 5. The number of rotatable bonds is 2. The maximum atomic E-state index is 10.3. The first kappa shape index (κ1) is 6.69. The molecule has 6 heteroatoms. The smallest absolute Gasteiger partial charge is 0.306 e. The van der Waals surface area contributed by atoms with Crippen molar-refractivity contribution in [1.29, 1.82) is 0 Å². The molecule has 54 valence electrons. The van der Waals surface area contributed by atoms with Gasteiger partial charge in [-0.05, 0) is 0 Å². The molecule has 0 radical (unpaired) electrons. The van der Waals surface area contributed by atoms with Gasteiger partial charge in [-0.3, -0.25) is 4.79 Å². The fourth-order valence-corrected chi connectivity index (χ4v) is 0.436. The Balaban J connectivity index is 2.88. The molecule has 0 bridgehead atoms. The molecule has 0 saturated heterocycles. The van der Waals surface area contributed by atoms with E-state index in [0.717, 1.165) is 0 Å². The lowest BCUT2D eigenvalue weighted by Crippen LogP contribution is -2.11. The van der Waals surface area contributed by atoms with E-state index >= 15 is 0 Å². The van der Waals surface area contributed by atoms with Crippen LogP contribution in [0.4, 0.5) is 0 Å². The molecule has 1 heterocycles. The van der Waals surface area contributed by atoms with Crippen LogP contribution < -0.4 is 11.5 Å². The van der Waals surface area contributed by atoms with E-state index in [9.17, 15) is 4.79 Å². The van der Waals surface area contributed by atoms with Gasteiger partial charge in [0.25, 0.3) is 0 Å². The summed E-state index contributed by atoms with van der Waals surface area (Å²) in [6.07, 6.45) is 0. The van der Waals surface area contributed by atoms with Crippen molar-refractivity contribution in [2.45, 2.75) is 6.54 Å². The summed E-state index contributed by atoms with van der Waals surface area (Å²) in [6.45, 7) is 0.111. The van der Waals surface area contributed by atoms with Gasteiger partial charge < -0.3 is 15.9 Å². The third kappa shape index (κ3) is 1.11. The molecule has 0 atom stereocenters. The highest BCUT2D eigenvalue weighted by molar-refractivity contribution is 5.87. The van der Waals surface area contributed by atoms with Crippen LogP contribution in [0, 0.1) is 0 Å². The van der Waals surface area contributed by atoms with Crippen molar-refractivity contribution in [3.05, 3.63) is 11.8 Å². The minimum absolute atomic E-state index is 0.111. The Kier molecular flexibility index (Phi) is 1.63. The molecule has 1 rings (SSSR count). The zero-order valence-electron chi connectivity index (χ0n) is 5.07. The van der Waals surface area contributed by atoms with Crippen molar-refractivity contribution in [1.82, 2.24) is 10.2 Å². The van der Waals surface area contributed by atoms with Crippen LogP contribution in [-0.4, -0.2) is 16.1 Å². The van der Waals surface area contributed by atoms with Gasteiger partial charge in [0.15, 0.2) is 0 Å². The second kappa shape index (κ2) is 2.44. The lowest BCUT2D eigenvalue weighted by molar-refractivity contribution is 0.0965. The third-order valence-corrected chi connectivity index (χ3v) is 0.852. The molecule has 0 aliphatic carbocycles. The van der Waals surface area contributed by atoms with E-state index in [0.29, 0.717) is 0 Å². The average Bonchev–Trinajstić information content (AvgIpc) is 2.34. The van der Waals surface area contributed by atoms with E-state index in [-0.39, 0.29) is 18.3 Å². The largest absolute Gasteiger partial charge is 0.416 e. The monoisotopic (exact) mass is 142 g/mol. The third-order valence-electron chi connectivity index (χ3n) is 0.852. The zero-order valence-corrected chi connectivity index (χ0v) is 5.07. The Labute approximate surface area is 56.2 Å². The predicted molar refractivity (Wildman–Crippen MR) is 30.7 cm³/mol. The first-order valence-electron chi connectivity index (χ1n) is 2.56. The minimum Gasteiger partial charge on any atom is -0.416 e. The number of carbonyl (C=O) groups excluding carboxylic acids is 1. The molecule has 6 nitrogen and oxygen atoms in total.